The molecule has 1 N–H and O–H groups in total. The molecule has 1 aromatic carbocycles. The summed E-state index contributed by atoms with van der Waals surface area (Å²) in [7, 11) is 0. The highest BCUT2D eigenvalue weighted by molar-refractivity contribution is 5.35. The van der Waals surface area contributed by atoms with E-state index < -0.39 is 0 Å². The van der Waals surface area contributed by atoms with Crippen LogP contribution in [0.4, 0.5) is 0 Å². The molecule has 0 fully saturated rings. The predicted molar refractivity (Wildman–Crippen MR) is 69.9 cm³/mol. The first kappa shape index (κ1) is 13.1. The third-order valence-electron chi connectivity index (χ3n) is 2.86. The number of hydrogen-bond donors (Lipinski definition) is 1. The number of rotatable bonds is 4. The van der Waals surface area contributed by atoms with Crippen LogP contribution in [0.25, 0.3) is 0 Å². The fraction of sp³-hybridized carbons (Fsp3) is 0.600. The van der Waals surface area contributed by atoms with E-state index >= 15 is 0 Å². The van der Waals surface area contributed by atoms with Crippen LogP contribution < -0.4 is 0 Å². The van der Waals surface area contributed by atoms with Crippen molar-refractivity contribution in [2.24, 2.45) is 5.41 Å². The van der Waals surface area contributed by atoms with Gasteiger partial charge in [0.15, 0.2) is 0 Å². The molecule has 0 aliphatic heterocycles. The Morgan fingerprint density at radius 3 is 2.38 bits per heavy atom. The fourth-order valence-electron chi connectivity index (χ4n) is 1.86. The molecule has 0 saturated carbocycles. The molecule has 0 bridgehead atoms. The van der Waals surface area contributed by atoms with Crippen LogP contribution in [0.5, 0.6) is 5.75 Å². The van der Waals surface area contributed by atoms with Gasteiger partial charge in [-0.25, -0.2) is 0 Å². The zero-order valence-corrected chi connectivity index (χ0v) is 11.0. The van der Waals surface area contributed by atoms with Crippen LogP contribution in [0.3, 0.4) is 0 Å². The lowest BCUT2D eigenvalue weighted by Crippen LogP contribution is -2.04. The Kier molecular flexibility index (Phi) is 4.40. The van der Waals surface area contributed by atoms with Gasteiger partial charge in [0, 0.05) is 0 Å². The molecular formula is C15H24O. The lowest BCUT2D eigenvalue weighted by molar-refractivity contribution is 0.360. The molecule has 0 aliphatic rings. The number of aromatic hydroxyl groups is 1. The second-order valence-electron chi connectivity index (χ2n) is 5.90. The van der Waals surface area contributed by atoms with E-state index in [9.17, 15) is 5.11 Å². The molecule has 0 radical (unpaired) electrons. The van der Waals surface area contributed by atoms with Crippen molar-refractivity contribution < 1.29 is 5.11 Å². The van der Waals surface area contributed by atoms with E-state index in [0.717, 1.165) is 24.0 Å². The summed E-state index contributed by atoms with van der Waals surface area (Å²) in [4.78, 5) is 0. The van der Waals surface area contributed by atoms with Crippen molar-refractivity contribution in [3.05, 3.63) is 29.3 Å². The van der Waals surface area contributed by atoms with Crippen LogP contribution in [0.1, 0.15) is 51.2 Å². The molecule has 16 heavy (non-hydrogen) atoms. The first-order chi connectivity index (χ1) is 7.38. The molecule has 0 amide bonds. The van der Waals surface area contributed by atoms with Gasteiger partial charge in [0.1, 0.15) is 5.75 Å². The number of benzene rings is 1. The Balaban J connectivity index is 2.38. The largest absolute Gasteiger partial charge is 0.508 e. The molecule has 0 atom stereocenters. The number of aryl methyl sites for hydroxylation is 2. The molecule has 1 rings (SSSR count). The van der Waals surface area contributed by atoms with Gasteiger partial charge in [-0.1, -0.05) is 39.3 Å². The molecule has 0 heterocycles. The summed E-state index contributed by atoms with van der Waals surface area (Å²) in [6, 6.07) is 5.96. The second-order valence-corrected chi connectivity index (χ2v) is 5.90. The quantitative estimate of drug-likeness (QED) is 0.743. The van der Waals surface area contributed by atoms with Gasteiger partial charge in [0.05, 0.1) is 0 Å². The van der Waals surface area contributed by atoms with Gasteiger partial charge < -0.3 is 5.11 Å². The molecule has 0 unspecified atom stereocenters. The standard InChI is InChI=1S/C15H24O/c1-12-8-9-13(14(16)11-12)7-5-6-10-15(2,3)4/h8-9,11,16H,5-7,10H2,1-4H3. The van der Waals surface area contributed by atoms with Gasteiger partial charge >= 0.3 is 0 Å². The van der Waals surface area contributed by atoms with E-state index in [-0.39, 0.29) is 0 Å². The number of phenols is 1. The van der Waals surface area contributed by atoms with Gasteiger partial charge in [-0.2, -0.15) is 0 Å². The Bertz CT molecular complexity index is 334. The lowest BCUT2D eigenvalue weighted by atomic mass is 9.89. The average Bonchev–Trinajstić information content (AvgIpc) is 2.13. The van der Waals surface area contributed by atoms with E-state index in [4.69, 9.17) is 0 Å². The first-order valence-electron chi connectivity index (χ1n) is 6.17. The van der Waals surface area contributed by atoms with Crippen LogP contribution in [0.2, 0.25) is 0 Å². The SMILES string of the molecule is Cc1ccc(CCCCC(C)(C)C)c(O)c1. The van der Waals surface area contributed by atoms with E-state index in [1.165, 1.54) is 12.8 Å². The van der Waals surface area contributed by atoms with Crippen LogP contribution in [-0.2, 0) is 6.42 Å². The number of unbranched alkanes of at least 4 members (excludes halogenated alkanes) is 1. The average molecular weight is 220 g/mol. The highest BCUT2D eigenvalue weighted by Gasteiger charge is 2.09. The molecule has 1 heteroatoms. The zero-order chi connectivity index (χ0) is 12.2. The van der Waals surface area contributed by atoms with Crippen molar-refractivity contribution >= 4 is 0 Å². The summed E-state index contributed by atoms with van der Waals surface area (Å²) in [6.07, 6.45) is 4.63. The van der Waals surface area contributed by atoms with E-state index in [1.54, 1.807) is 0 Å². The van der Waals surface area contributed by atoms with E-state index in [0.29, 0.717) is 11.2 Å². The van der Waals surface area contributed by atoms with E-state index in [2.05, 4.69) is 26.8 Å². The van der Waals surface area contributed by atoms with Gasteiger partial charge in [0.2, 0.25) is 0 Å². The normalized spacial score (nSPS) is 11.8. The van der Waals surface area contributed by atoms with Gasteiger partial charge in [0.25, 0.3) is 0 Å². The maximum absolute atomic E-state index is 9.75. The Labute approximate surface area is 99.5 Å². The lowest BCUT2D eigenvalue weighted by Gasteiger charge is -2.17. The van der Waals surface area contributed by atoms with Gasteiger partial charge in [-0.3, -0.25) is 0 Å². The first-order valence-corrected chi connectivity index (χ1v) is 6.17. The molecular weight excluding hydrogens is 196 g/mol. The van der Waals surface area contributed by atoms with Crippen molar-refractivity contribution in [2.75, 3.05) is 0 Å². The summed E-state index contributed by atoms with van der Waals surface area (Å²) < 4.78 is 0. The summed E-state index contributed by atoms with van der Waals surface area (Å²) in [6.45, 7) is 8.83. The van der Waals surface area contributed by atoms with Crippen molar-refractivity contribution in [3.63, 3.8) is 0 Å². The molecule has 0 aromatic heterocycles. The van der Waals surface area contributed by atoms with Crippen LogP contribution in [-0.4, -0.2) is 5.11 Å². The molecule has 0 aliphatic carbocycles. The maximum atomic E-state index is 9.75. The molecule has 1 nitrogen and oxygen atoms in total. The monoisotopic (exact) mass is 220 g/mol. The minimum atomic E-state index is 0.426. The Morgan fingerprint density at radius 2 is 1.81 bits per heavy atom. The smallest absolute Gasteiger partial charge is 0.119 e. The third kappa shape index (κ3) is 4.69. The third-order valence-corrected chi connectivity index (χ3v) is 2.86. The molecule has 1 aromatic rings. The predicted octanol–water partition coefficient (Wildman–Crippen LogP) is 4.46. The Hall–Kier alpha value is -0.980. The number of hydrogen-bond acceptors (Lipinski definition) is 1. The van der Waals surface area contributed by atoms with Crippen LogP contribution in [0.15, 0.2) is 18.2 Å². The molecule has 0 spiro atoms. The Morgan fingerprint density at radius 1 is 1.12 bits per heavy atom. The summed E-state index contributed by atoms with van der Waals surface area (Å²) in [5.41, 5.74) is 2.63. The van der Waals surface area contributed by atoms with Gasteiger partial charge in [-0.15, -0.1) is 0 Å². The van der Waals surface area contributed by atoms with Crippen LogP contribution >= 0.6 is 0 Å². The summed E-state index contributed by atoms with van der Waals surface area (Å²) in [5.74, 6) is 0.454. The topological polar surface area (TPSA) is 20.2 Å². The van der Waals surface area contributed by atoms with Crippen molar-refractivity contribution in [1.82, 2.24) is 0 Å². The number of phenolic OH excluding ortho intramolecular Hbond substituents is 1. The van der Waals surface area contributed by atoms with Crippen LogP contribution in [0, 0.1) is 12.3 Å². The van der Waals surface area contributed by atoms with Crippen molar-refractivity contribution in [2.45, 2.75) is 53.4 Å². The minimum absolute atomic E-state index is 0.426. The second kappa shape index (κ2) is 5.38. The minimum Gasteiger partial charge on any atom is -0.508 e. The molecule has 0 saturated heterocycles. The van der Waals surface area contributed by atoms with Crippen molar-refractivity contribution in [3.8, 4) is 5.75 Å². The zero-order valence-electron chi connectivity index (χ0n) is 11.0. The van der Waals surface area contributed by atoms with E-state index in [1.807, 2.05) is 19.1 Å². The van der Waals surface area contributed by atoms with Crippen molar-refractivity contribution in [1.29, 1.82) is 0 Å². The fourth-order valence-corrected chi connectivity index (χ4v) is 1.86. The molecule has 90 valence electrons. The highest BCUT2D eigenvalue weighted by Crippen LogP contribution is 2.24. The summed E-state index contributed by atoms with van der Waals surface area (Å²) >= 11 is 0. The maximum Gasteiger partial charge on any atom is 0.119 e. The highest BCUT2D eigenvalue weighted by atomic mass is 16.3. The summed E-state index contributed by atoms with van der Waals surface area (Å²) in [5, 5.41) is 9.75. The van der Waals surface area contributed by atoms with Gasteiger partial charge in [-0.05, 0) is 48.8 Å².